The standard InChI is InChI=1S/C22H36N6O2.HI/c1-9-23-22(24-13-18-15(2)26-28(6)16(18)3)25-14-19(27(4)5)17-10-11-20(29-7)21(12-17)30-8;/h10-12,19H,9,13-14H2,1-8H3,(H2,23,24,25);1H. The summed E-state index contributed by atoms with van der Waals surface area (Å²) in [6.07, 6.45) is 0. The predicted octanol–water partition coefficient (Wildman–Crippen LogP) is 3.03. The fourth-order valence-corrected chi connectivity index (χ4v) is 3.40. The molecule has 0 aliphatic carbocycles. The van der Waals surface area contributed by atoms with Gasteiger partial charge in [0.15, 0.2) is 17.5 Å². The Morgan fingerprint density at radius 1 is 1.16 bits per heavy atom. The van der Waals surface area contributed by atoms with Crippen molar-refractivity contribution >= 4 is 29.9 Å². The van der Waals surface area contributed by atoms with Crippen LogP contribution in [0.2, 0.25) is 0 Å². The molecule has 174 valence electrons. The number of rotatable bonds is 9. The fraction of sp³-hybridized carbons (Fsp3) is 0.545. The molecule has 2 rings (SSSR count). The quantitative estimate of drug-likeness (QED) is 0.287. The molecular weight excluding hydrogens is 507 g/mol. The van der Waals surface area contributed by atoms with Crippen LogP contribution in [-0.4, -0.2) is 62.0 Å². The van der Waals surface area contributed by atoms with Crippen LogP contribution < -0.4 is 20.1 Å². The normalized spacial score (nSPS) is 12.4. The maximum Gasteiger partial charge on any atom is 0.191 e. The molecule has 9 heteroatoms. The highest BCUT2D eigenvalue weighted by molar-refractivity contribution is 14.0. The Morgan fingerprint density at radius 3 is 2.35 bits per heavy atom. The highest BCUT2D eigenvalue weighted by Gasteiger charge is 2.17. The van der Waals surface area contributed by atoms with Crippen molar-refractivity contribution in [2.45, 2.75) is 33.4 Å². The molecule has 2 aromatic rings. The van der Waals surface area contributed by atoms with E-state index in [1.807, 2.05) is 30.8 Å². The van der Waals surface area contributed by atoms with Crippen molar-refractivity contribution in [2.24, 2.45) is 12.0 Å². The van der Waals surface area contributed by atoms with Crippen LogP contribution in [0.1, 0.15) is 35.5 Å². The van der Waals surface area contributed by atoms with Gasteiger partial charge >= 0.3 is 0 Å². The number of nitrogens with one attached hydrogen (secondary N) is 2. The van der Waals surface area contributed by atoms with Gasteiger partial charge in [-0.05, 0) is 52.6 Å². The van der Waals surface area contributed by atoms with Crippen LogP contribution >= 0.6 is 24.0 Å². The van der Waals surface area contributed by atoms with Crippen LogP contribution in [0.3, 0.4) is 0 Å². The van der Waals surface area contributed by atoms with Gasteiger partial charge in [-0.25, -0.2) is 4.99 Å². The smallest absolute Gasteiger partial charge is 0.191 e. The van der Waals surface area contributed by atoms with Crippen molar-refractivity contribution < 1.29 is 9.47 Å². The van der Waals surface area contributed by atoms with Gasteiger partial charge in [-0.2, -0.15) is 5.10 Å². The van der Waals surface area contributed by atoms with Crippen molar-refractivity contribution in [1.29, 1.82) is 0 Å². The van der Waals surface area contributed by atoms with Gasteiger partial charge < -0.3 is 25.0 Å². The maximum absolute atomic E-state index is 5.47. The van der Waals surface area contributed by atoms with E-state index in [2.05, 4.69) is 54.6 Å². The zero-order chi connectivity index (χ0) is 22.3. The average molecular weight is 544 g/mol. The molecule has 0 bridgehead atoms. The van der Waals surface area contributed by atoms with Gasteiger partial charge in [0.2, 0.25) is 0 Å². The average Bonchev–Trinajstić information content (AvgIpc) is 2.96. The number of nitrogens with zero attached hydrogens (tertiary/aromatic N) is 4. The van der Waals surface area contributed by atoms with E-state index in [0.717, 1.165) is 41.0 Å². The van der Waals surface area contributed by atoms with E-state index in [4.69, 9.17) is 14.5 Å². The van der Waals surface area contributed by atoms with E-state index < -0.39 is 0 Å². The number of aryl methyl sites for hydroxylation is 2. The van der Waals surface area contributed by atoms with E-state index in [-0.39, 0.29) is 30.0 Å². The molecule has 1 heterocycles. The summed E-state index contributed by atoms with van der Waals surface area (Å²) < 4.78 is 12.7. The second-order valence-corrected chi connectivity index (χ2v) is 7.44. The van der Waals surface area contributed by atoms with Crippen LogP contribution in [0, 0.1) is 13.8 Å². The second kappa shape index (κ2) is 12.7. The Labute approximate surface area is 203 Å². The first-order valence-electron chi connectivity index (χ1n) is 10.2. The number of aliphatic imine (C=N–C) groups is 1. The molecule has 8 nitrogen and oxygen atoms in total. The first-order valence-corrected chi connectivity index (χ1v) is 10.2. The lowest BCUT2D eigenvalue weighted by molar-refractivity contribution is 0.295. The number of halogens is 1. The van der Waals surface area contributed by atoms with Crippen molar-refractivity contribution in [3.63, 3.8) is 0 Å². The van der Waals surface area contributed by atoms with E-state index in [1.54, 1.807) is 14.2 Å². The molecule has 1 atom stereocenters. The van der Waals surface area contributed by atoms with E-state index in [1.165, 1.54) is 5.56 Å². The molecule has 0 spiro atoms. The number of aromatic nitrogens is 2. The summed E-state index contributed by atoms with van der Waals surface area (Å²) in [7, 11) is 9.39. The third-order valence-electron chi connectivity index (χ3n) is 5.28. The molecule has 31 heavy (non-hydrogen) atoms. The minimum atomic E-state index is 0. The molecule has 0 aliphatic rings. The van der Waals surface area contributed by atoms with E-state index >= 15 is 0 Å². The van der Waals surface area contributed by atoms with Crippen molar-refractivity contribution in [2.75, 3.05) is 41.4 Å². The summed E-state index contributed by atoms with van der Waals surface area (Å²) >= 11 is 0. The zero-order valence-corrected chi connectivity index (χ0v) is 22.3. The van der Waals surface area contributed by atoms with Gasteiger partial charge in [0.25, 0.3) is 0 Å². The number of ether oxygens (including phenoxy) is 2. The monoisotopic (exact) mass is 544 g/mol. The highest BCUT2D eigenvalue weighted by atomic mass is 127. The van der Waals surface area contributed by atoms with Gasteiger partial charge in [-0.3, -0.25) is 4.68 Å². The number of hydrogen-bond donors (Lipinski definition) is 2. The fourth-order valence-electron chi connectivity index (χ4n) is 3.40. The molecule has 1 aromatic carbocycles. The van der Waals surface area contributed by atoms with E-state index in [0.29, 0.717) is 13.1 Å². The van der Waals surface area contributed by atoms with E-state index in [9.17, 15) is 0 Å². The minimum Gasteiger partial charge on any atom is -0.493 e. The summed E-state index contributed by atoms with van der Waals surface area (Å²) in [6.45, 7) is 8.24. The number of hydrogen-bond acceptors (Lipinski definition) is 5. The third-order valence-corrected chi connectivity index (χ3v) is 5.28. The third kappa shape index (κ3) is 6.99. The summed E-state index contributed by atoms with van der Waals surface area (Å²) in [5.41, 5.74) is 4.47. The lowest BCUT2D eigenvalue weighted by Crippen LogP contribution is -2.41. The Bertz CT molecular complexity index is 866. The summed E-state index contributed by atoms with van der Waals surface area (Å²) in [6, 6.07) is 6.17. The largest absolute Gasteiger partial charge is 0.493 e. The lowest BCUT2D eigenvalue weighted by atomic mass is 10.1. The zero-order valence-electron chi connectivity index (χ0n) is 19.9. The molecule has 0 fully saturated rings. The van der Waals surface area contributed by atoms with Crippen LogP contribution in [0.4, 0.5) is 0 Å². The number of guanidine groups is 1. The Kier molecular flexibility index (Phi) is 11.1. The Hall–Kier alpha value is -2.01. The summed E-state index contributed by atoms with van der Waals surface area (Å²) in [5.74, 6) is 2.24. The summed E-state index contributed by atoms with van der Waals surface area (Å²) in [4.78, 5) is 6.96. The Balaban J connectivity index is 0.00000480. The van der Waals surface area contributed by atoms with Gasteiger partial charge in [0, 0.05) is 31.4 Å². The molecule has 0 saturated heterocycles. The molecule has 0 aliphatic heterocycles. The van der Waals surface area contributed by atoms with Crippen molar-refractivity contribution in [3.05, 3.63) is 40.7 Å². The molecule has 1 unspecified atom stereocenters. The predicted molar refractivity (Wildman–Crippen MR) is 137 cm³/mol. The number of likely N-dealkylation sites (N-methyl/N-ethyl adjacent to an activating group) is 1. The van der Waals surface area contributed by atoms with Crippen LogP contribution in [-0.2, 0) is 13.6 Å². The lowest BCUT2D eigenvalue weighted by Gasteiger charge is -2.26. The first kappa shape index (κ1) is 27.0. The van der Waals surface area contributed by atoms with Crippen molar-refractivity contribution in [3.8, 4) is 11.5 Å². The molecule has 0 amide bonds. The van der Waals surface area contributed by atoms with Crippen LogP contribution in [0.15, 0.2) is 23.2 Å². The minimum absolute atomic E-state index is 0. The van der Waals surface area contributed by atoms with Gasteiger partial charge in [0.1, 0.15) is 0 Å². The number of methoxy groups -OCH3 is 2. The summed E-state index contributed by atoms with van der Waals surface area (Å²) in [5, 5.41) is 11.3. The van der Waals surface area contributed by atoms with Crippen molar-refractivity contribution in [1.82, 2.24) is 25.3 Å². The van der Waals surface area contributed by atoms with Gasteiger partial charge in [-0.1, -0.05) is 6.07 Å². The molecule has 1 aromatic heterocycles. The molecular formula is C22H37IN6O2. The molecule has 0 radical (unpaired) electrons. The molecule has 2 N–H and O–H groups in total. The number of benzene rings is 1. The van der Waals surface area contributed by atoms with Crippen LogP contribution in [0.5, 0.6) is 11.5 Å². The Morgan fingerprint density at radius 2 is 1.84 bits per heavy atom. The SMILES string of the molecule is CCNC(=NCc1c(C)nn(C)c1C)NCC(c1ccc(OC)c(OC)c1)N(C)C.I. The maximum atomic E-state index is 5.47. The highest BCUT2D eigenvalue weighted by Crippen LogP contribution is 2.31. The van der Waals surface area contributed by atoms with Crippen LogP contribution in [0.25, 0.3) is 0 Å². The van der Waals surface area contributed by atoms with Gasteiger partial charge in [0.05, 0.1) is 32.5 Å². The van der Waals surface area contributed by atoms with Gasteiger partial charge in [-0.15, -0.1) is 24.0 Å². The molecule has 0 saturated carbocycles. The first-order chi connectivity index (χ1) is 14.3. The topological polar surface area (TPSA) is 75.9 Å². The second-order valence-electron chi connectivity index (χ2n) is 7.44.